The number of H-pyrrole nitrogens is 1. The molecule has 1 amide bonds. The predicted molar refractivity (Wildman–Crippen MR) is 67.4 cm³/mol. The molecule has 2 heterocycles. The quantitative estimate of drug-likeness (QED) is 0.638. The molecule has 0 radical (unpaired) electrons. The topological polar surface area (TPSA) is 98.3 Å². The minimum atomic E-state index is -0.976. The fourth-order valence-electron chi connectivity index (χ4n) is 2.28. The van der Waals surface area contributed by atoms with Gasteiger partial charge in [0.1, 0.15) is 6.04 Å². The van der Waals surface area contributed by atoms with Crippen molar-refractivity contribution in [1.29, 1.82) is 0 Å². The lowest BCUT2D eigenvalue weighted by atomic mass is 10.0. The molecule has 0 saturated heterocycles. The minimum absolute atomic E-state index is 0.122. The number of carboxylic acids is 1. The first-order valence-corrected chi connectivity index (χ1v) is 6.31. The molecule has 1 aromatic heterocycles. The Morgan fingerprint density at radius 3 is 3.11 bits per heavy atom. The van der Waals surface area contributed by atoms with E-state index in [0.717, 1.165) is 17.9 Å². The molecule has 0 fully saturated rings. The van der Waals surface area contributed by atoms with Crippen molar-refractivity contribution < 1.29 is 14.7 Å². The molecule has 0 aromatic carbocycles. The summed E-state index contributed by atoms with van der Waals surface area (Å²) in [5.74, 6) is -1.10. The van der Waals surface area contributed by atoms with Gasteiger partial charge in [0.15, 0.2) is 0 Å². The van der Waals surface area contributed by atoms with E-state index in [0.29, 0.717) is 19.4 Å². The molecule has 2 rings (SSSR count). The first-order chi connectivity index (χ1) is 9.13. The second-order valence-corrected chi connectivity index (χ2v) is 4.61. The van der Waals surface area contributed by atoms with Gasteiger partial charge in [-0.15, -0.1) is 0 Å². The third-order valence-corrected chi connectivity index (χ3v) is 3.32. The smallest absolute Gasteiger partial charge is 0.326 e. The molecular formula is C12H18N4O3. The van der Waals surface area contributed by atoms with Crippen LogP contribution in [0.25, 0.3) is 0 Å². The molecule has 3 N–H and O–H groups in total. The lowest BCUT2D eigenvalue weighted by Crippen LogP contribution is -2.48. The molecule has 7 nitrogen and oxygen atoms in total. The molecule has 1 atom stereocenters. The number of fused-ring (bicyclic) bond motifs is 1. The van der Waals surface area contributed by atoms with Crippen LogP contribution in [0.15, 0.2) is 6.33 Å². The van der Waals surface area contributed by atoms with Crippen LogP contribution in [-0.4, -0.2) is 51.5 Å². The van der Waals surface area contributed by atoms with Crippen molar-refractivity contribution in [2.45, 2.75) is 31.8 Å². The van der Waals surface area contributed by atoms with Crippen molar-refractivity contribution in [3.05, 3.63) is 17.7 Å². The average Bonchev–Trinajstić information content (AvgIpc) is 2.84. The number of nitrogens with one attached hydrogen (secondary N) is 2. The molecule has 7 heteroatoms. The Morgan fingerprint density at radius 2 is 2.42 bits per heavy atom. The lowest BCUT2D eigenvalue weighted by molar-refractivity contribution is -0.151. The molecule has 1 unspecified atom stereocenters. The van der Waals surface area contributed by atoms with Gasteiger partial charge in [0.2, 0.25) is 5.91 Å². The fourth-order valence-corrected chi connectivity index (χ4v) is 2.28. The van der Waals surface area contributed by atoms with E-state index < -0.39 is 12.0 Å². The van der Waals surface area contributed by atoms with Gasteiger partial charge in [0, 0.05) is 12.8 Å². The number of hydrogen-bond donors (Lipinski definition) is 3. The highest BCUT2D eigenvalue weighted by Gasteiger charge is 2.35. The van der Waals surface area contributed by atoms with Crippen LogP contribution in [0.5, 0.6) is 0 Å². The zero-order valence-corrected chi connectivity index (χ0v) is 10.8. The third kappa shape index (κ3) is 2.93. The minimum Gasteiger partial charge on any atom is -0.480 e. The summed E-state index contributed by atoms with van der Waals surface area (Å²) in [6.45, 7) is 1.04. The number of imidazole rings is 1. The van der Waals surface area contributed by atoms with Crippen molar-refractivity contribution in [3.63, 3.8) is 0 Å². The number of amides is 1. The Balaban J connectivity index is 2.09. The summed E-state index contributed by atoms with van der Waals surface area (Å²) in [5.41, 5.74) is 1.58. The van der Waals surface area contributed by atoms with E-state index >= 15 is 0 Å². The van der Waals surface area contributed by atoms with Crippen LogP contribution in [0.2, 0.25) is 0 Å². The van der Waals surface area contributed by atoms with Gasteiger partial charge in [0.05, 0.1) is 24.3 Å². The highest BCUT2D eigenvalue weighted by Crippen LogP contribution is 2.21. The van der Waals surface area contributed by atoms with Crippen LogP contribution in [0.3, 0.4) is 0 Å². The summed E-state index contributed by atoms with van der Waals surface area (Å²) in [6, 6.07) is -0.808. The zero-order chi connectivity index (χ0) is 13.8. The second kappa shape index (κ2) is 5.83. The molecule has 0 bridgehead atoms. The van der Waals surface area contributed by atoms with Gasteiger partial charge in [-0.25, -0.2) is 9.78 Å². The number of hydrogen-bond acceptors (Lipinski definition) is 4. The van der Waals surface area contributed by atoms with Crippen LogP contribution >= 0.6 is 0 Å². The van der Waals surface area contributed by atoms with Gasteiger partial charge in [-0.05, 0) is 20.0 Å². The first kappa shape index (κ1) is 13.5. The van der Waals surface area contributed by atoms with Crippen molar-refractivity contribution in [2.75, 3.05) is 13.6 Å². The molecule has 1 aliphatic heterocycles. The number of carbonyl (C=O) groups is 2. The number of aliphatic carboxylic acids is 1. The Bertz CT molecular complexity index is 471. The number of carboxylic acid groups (broad SMARTS) is 1. The molecule has 0 saturated carbocycles. The van der Waals surface area contributed by atoms with Gasteiger partial charge in [0.25, 0.3) is 0 Å². The zero-order valence-electron chi connectivity index (χ0n) is 10.8. The van der Waals surface area contributed by atoms with E-state index in [1.165, 1.54) is 4.90 Å². The molecule has 0 spiro atoms. The largest absolute Gasteiger partial charge is 0.480 e. The lowest BCUT2D eigenvalue weighted by Gasteiger charge is -2.32. The van der Waals surface area contributed by atoms with Crippen LogP contribution in [0.4, 0.5) is 0 Å². The van der Waals surface area contributed by atoms with E-state index in [9.17, 15) is 14.7 Å². The number of nitrogens with zero attached hydrogens (tertiary/aromatic N) is 2. The summed E-state index contributed by atoms with van der Waals surface area (Å²) in [6.07, 6.45) is 2.87. The van der Waals surface area contributed by atoms with E-state index in [-0.39, 0.29) is 12.3 Å². The number of rotatable bonds is 5. The molecule has 19 heavy (non-hydrogen) atoms. The van der Waals surface area contributed by atoms with Crippen molar-refractivity contribution >= 4 is 11.9 Å². The highest BCUT2D eigenvalue weighted by molar-refractivity contribution is 5.84. The van der Waals surface area contributed by atoms with Gasteiger partial charge in [-0.3, -0.25) is 4.79 Å². The molecule has 1 aliphatic rings. The SMILES string of the molecule is CNCCCC(=O)N1Cc2[nH]cnc2CC1C(=O)O. The third-order valence-electron chi connectivity index (χ3n) is 3.32. The number of carbonyl (C=O) groups excluding carboxylic acids is 1. The molecule has 0 aliphatic carbocycles. The van der Waals surface area contributed by atoms with Crippen LogP contribution < -0.4 is 5.32 Å². The summed E-state index contributed by atoms with van der Waals surface area (Å²) < 4.78 is 0. The normalized spacial score (nSPS) is 18.2. The molecular weight excluding hydrogens is 248 g/mol. The van der Waals surface area contributed by atoms with Crippen LogP contribution in [0.1, 0.15) is 24.2 Å². The maximum atomic E-state index is 12.1. The van der Waals surface area contributed by atoms with Gasteiger partial charge >= 0.3 is 5.97 Å². The Morgan fingerprint density at radius 1 is 1.63 bits per heavy atom. The van der Waals surface area contributed by atoms with E-state index in [1.54, 1.807) is 6.33 Å². The fraction of sp³-hybridized carbons (Fsp3) is 0.583. The Labute approximate surface area is 111 Å². The van der Waals surface area contributed by atoms with Gasteiger partial charge in [-0.2, -0.15) is 0 Å². The number of aromatic nitrogens is 2. The van der Waals surface area contributed by atoms with Crippen molar-refractivity contribution in [1.82, 2.24) is 20.2 Å². The second-order valence-electron chi connectivity index (χ2n) is 4.61. The standard InChI is InChI=1S/C12H18N4O3/c1-13-4-2-3-11(17)16-6-9-8(14-7-15-9)5-10(16)12(18)19/h7,10,13H,2-6H2,1H3,(H,14,15)(H,18,19). The van der Waals surface area contributed by atoms with Crippen molar-refractivity contribution in [2.24, 2.45) is 0 Å². The monoisotopic (exact) mass is 266 g/mol. The summed E-state index contributed by atoms with van der Waals surface area (Å²) in [4.78, 5) is 31.9. The van der Waals surface area contributed by atoms with Crippen molar-refractivity contribution in [3.8, 4) is 0 Å². The maximum Gasteiger partial charge on any atom is 0.326 e. The molecule has 104 valence electrons. The van der Waals surface area contributed by atoms with Crippen LogP contribution in [-0.2, 0) is 22.6 Å². The van der Waals surface area contributed by atoms with E-state index in [1.807, 2.05) is 7.05 Å². The Kier molecular flexibility index (Phi) is 4.16. The van der Waals surface area contributed by atoms with E-state index in [4.69, 9.17) is 0 Å². The summed E-state index contributed by atoms with van der Waals surface area (Å²) in [7, 11) is 1.82. The van der Waals surface area contributed by atoms with E-state index in [2.05, 4.69) is 15.3 Å². The highest BCUT2D eigenvalue weighted by atomic mass is 16.4. The molecule has 1 aromatic rings. The predicted octanol–water partition coefficient (Wildman–Crippen LogP) is -0.253. The average molecular weight is 266 g/mol. The Hall–Kier alpha value is -1.89. The summed E-state index contributed by atoms with van der Waals surface area (Å²) >= 11 is 0. The van der Waals surface area contributed by atoms with Gasteiger partial charge < -0.3 is 20.3 Å². The maximum absolute atomic E-state index is 12.1. The van der Waals surface area contributed by atoms with Gasteiger partial charge in [-0.1, -0.05) is 0 Å². The number of aromatic amines is 1. The summed E-state index contributed by atoms with van der Waals surface area (Å²) in [5, 5.41) is 12.2. The van der Waals surface area contributed by atoms with Crippen LogP contribution in [0, 0.1) is 0 Å². The first-order valence-electron chi connectivity index (χ1n) is 6.31.